The average Bonchev–Trinajstić information content (AvgIpc) is 3.18. The molecule has 4 rings (SSSR count). The molecule has 0 unspecified atom stereocenters. The quantitative estimate of drug-likeness (QED) is 0.746. The Morgan fingerprint density at radius 3 is 2.44 bits per heavy atom. The van der Waals surface area contributed by atoms with E-state index < -0.39 is 0 Å². The van der Waals surface area contributed by atoms with E-state index in [1.807, 2.05) is 23.1 Å². The molecule has 1 aliphatic rings. The van der Waals surface area contributed by atoms with Crippen LogP contribution in [0.3, 0.4) is 0 Å². The molecule has 138 valence electrons. The third kappa shape index (κ3) is 3.53. The van der Waals surface area contributed by atoms with E-state index in [-0.39, 0.29) is 11.7 Å². The zero-order valence-corrected chi connectivity index (χ0v) is 15.3. The number of carbonyl (C=O) groups excluding carboxylic acids is 1. The summed E-state index contributed by atoms with van der Waals surface area (Å²) in [5.41, 5.74) is 2.63. The number of carbonyl (C=O) groups is 1. The first-order chi connectivity index (χ1) is 13.1. The minimum absolute atomic E-state index is 0.0816. The van der Waals surface area contributed by atoms with E-state index in [1.54, 1.807) is 35.4 Å². The van der Waals surface area contributed by atoms with Gasteiger partial charge in [-0.1, -0.05) is 35.9 Å². The fourth-order valence-corrected chi connectivity index (χ4v) is 3.44. The van der Waals surface area contributed by atoms with E-state index in [9.17, 15) is 9.18 Å². The van der Waals surface area contributed by atoms with Gasteiger partial charge in [-0.15, -0.1) is 0 Å². The van der Waals surface area contributed by atoms with Crippen molar-refractivity contribution in [1.82, 2.24) is 15.1 Å². The predicted molar refractivity (Wildman–Crippen MR) is 104 cm³/mol. The van der Waals surface area contributed by atoms with Gasteiger partial charge in [0.1, 0.15) is 5.82 Å². The number of nitrogens with one attached hydrogen (secondary N) is 1. The van der Waals surface area contributed by atoms with Gasteiger partial charge in [-0.2, -0.15) is 5.10 Å². The second kappa shape index (κ2) is 7.40. The summed E-state index contributed by atoms with van der Waals surface area (Å²) in [6, 6.07) is 14.0. The van der Waals surface area contributed by atoms with Crippen molar-refractivity contribution in [2.24, 2.45) is 0 Å². The first-order valence-corrected chi connectivity index (χ1v) is 9.09. The summed E-state index contributed by atoms with van der Waals surface area (Å²) in [7, 11) is 0. The minimum atomic E-state index is -0.239. The summed E-state index contributed by atoms with van der Waals surface area (Å²) in [6.07, 6.45) is 1.55. The highest BCUT2D eigenvalue weighted by Gasteiger charge is 2.26. The third-order valence-electron chi connectivity index (χ3n) is 4.76. The molecule has 1 aliphatic heterocycles. The van der Waals surface area contributed by atoms with E-state index in [0.717, 1.165) is 5.56 Å². The molecule has 1 fully saturated rings. The van der Waals surface area contributed by atoms with E-state index in [4.69, 9.17) is 11.6 Å². The number of piperazine rings is 1. The number of halogens is 2. The van der Waals surface area contributed by atoms with Crippen molar-refractivity contribution in [3.63, 3.8) is 0 Å². The monoisotopic (exact) mass is 384 g/mol. The Kier molecular flexibility index (Phi) is 4.81. The van der Waals surface area contributed by atoms with E-state index in [2.05, 4.69) is 10.2 Å². The lowest BCUT2D eigenvalue weighted by Gasteiger charge is -2.36. The van der Waals surface area contributed by atoms with Crippen molar-refractivity contribution >= 4 is 23.2 Å². The SMILES string of the molecule is O=C(c1cn[nH]c1-c1ccc(Cl)cc1)N1CCN(c2ccccc2F)CC1. The lowest BCUT2D eigenvalue weighted by molar-refractivity contribution is 0.0747. The smallest absolute Gasteiger partial charge is 0.257 e. The molecular weight excluding hydrogens is 367 g/mol. The summed E-state index contributed by atoms with van der Waals surface area (Å²) in [6.45, 7) is 2.22. The zero-order chi connectivity index (χ0) is 18.8. The molecule has 0 radical (unpaired) electrons. The number of aromatic nitrogens is 2. The van der Waals surface area contributed by atoms with Crippen molar-refractivity contribution in [1.29, 1.82) is 0 Å². The Hall–Kier alpha value is -2.86. The Morgan fingerprint density at radius 1 is 1.04 bits per heavy atom. The van der Waals surface area contributed by atoms with Crippen LogP contribution in [0.5, 0.6) is 0 Å². The van der Waals surface area contributed by atoms with Crippen LogP contribution in [0.25, 0.3) is 11.3 Å². The van der Waals surface area contributed by atoms with Gasteiger partial charge in [0.15, 0.2) is 0 Å². The van der Waals surface area contributed by atoms with Crippen LogP contribution in [-0.2, 0) is 0 Å². The number of para-hydroxylation sites is 1. The fraction of sp³-hybridized carbons (Fsp3) is 0.200. The summed E-state index contributed by atoms with van der Waals surface area (Å²) in [5, 5.41) is 7.58. The largest absolute Gasteiger partial charge is 0.366 e. The maximum absolute atomic E-state index is 14.0. The molecule has 0 saturated carbocycles. The number of anilines is 1. The molecule has 2 aromatic carbocycles. The normalized spacial score (nSPS) is 14.4. The molecule has 5 nitrogen and oxygen atoms in total. The molecule has 2 heterocycles. The number of benzene rings is 2. The Balaban J connectivity index is 1.48. The Morgan fingerprint density at radius 2 is 1.74 bits per heavy atom. The summed E-state index contributed by atoms with van der Waals surface area (Å²) in [4.78, 5) is 16.7. The number of aromatic amines is 1. The van der Waals surface area contributed by atoms with Crippen LogP contribution in [0.2, 0.25) is 5.02 Å². The van der Waals surface area contributed by atoms with Gasteiger partial charge < -0.3 is 9.80 Å². The molecule has 1 saturated heterocycles. The average molecular weight is 385 g/mol. The summed E-state index contributed by atoms with van der Waals surface area (Å²) < 4.78 is 14.0. The highest BCUT2D eigenvalue weighted by molar-refractivity contribution is 6.30. The maximum Gasteiger partial charge on any atom is 0.257 e. The van der Waals surface area contributed by atoms with Crippen LogP contribution in [0.4, 0.5) is 10.1 Å². The molecule has 0 atom stereocenters. The van der Waals surface area contributed by atoms with Crippen molar-refractivity contribution in [2.75, 3.05) is 31.1 Å². The number of hydrogen-bond donors (Lipinski definition) is 1. The molecule has 0 spiro atoms. The first-order valence-electron chi connectivity index (χ1n) is 8.71. The fourth-order valence-electron chi connectivity index (χ4n) is 3.31. The Labute approximate surface area is 161 Å². The standard InChI is InChI=1S/C20H18ClFN4O/c21-15-7-5-14(6-8-15)19-16(13-23-24-19)20(27)26-11-9-25(10-12-26)18-4-2-1-3-17(18)22/h1-8,13H,9-12H2,(H,23,24). The lowest BCUT2D eigenvalue weighted by Crippen LogP contribution is -2.49. The Bertz CT molecular complexity index is 949. The van der Waals surface area contributed by atoms with Crippen molar-refractivity contribution in [3.05, 3.63) is 71.1 Å². The van der Waals surface area contributed by atoms with Gasteiger partial charge in [-0.25, -0.2) is 4.39 Å². The van der Waals surface area contributed by atoms with Crippen LogP contribution in [0.1, 0.15) is 10.4 Å². The molecule has 1 amide bonds. The van der Waals surface area contributed by atoms with Gasteiger partial charge in [0.2, 0.25) is 0 Å². The van der Waals surface area contributed by atoms with Crippen molar-refractivity contribution < 1.29 is 9.18 Å². The molecule has 0 bridgehead atoms. The topological polar surface area (TPSA) is 52.2 Å². The number of amides is 1. The lowest BCUT2D eigenvalue weighted by atomic mass is 10.1. The van der Waals surface area contributed by atoms with E-state index in [1.165, 1.54) is 6.07 Å². The molecular formula is C20H18ClFN4O. The molecule has 0 aliphatic carbocycles. The number of rotatable bonds is 3. The van der Waals surface area contributed by atoms with Crippen molar-refractivity contribution in [3.8, 4) is 11.3 Å². The van der Waals surface area contributed by atoms with Crippen LogP contribution < -0.4 is 4.90 Å². The van der Waals surface area contributed by atoms with E-state index in [0.29, 0.717) is 48.1 Å². The number of nitrogens with zero attached hydrogens (tertiary/aromatic N) is 3. The zero-order valence-electron chi connectivity index (χ0n) is 14.5. The molecule has 7 heteroatoms. The van der Waals surface area contributed by atoms with Crippen LogP contribution in [0, 0.1) is 5.82 Å². The molecule has 1 aromatic heterocycles. The van der Waals surface area contributed by atoms with Gasteiger partial charge in [-0.3, -0.25) is 9.89 Å². The minimum Gasteiger partial charge on any atom is -0.366 e. The number of H-pyrrole nitrogens is 1. The summed E-state index contributed by atoms with van der Waals surface area (Å²) >= 11 is 5.94. The van der Waals surface area contributed by atoms with E-state index >= 15 is 0 Å². The van der Waals surface area contributed by atoms with Crippen LogP contribution >= 0.6 is 11.6 Å². The highest BCUT2D eigenvalue weighted by atomic mass is 35.5. The molecule has 1 N–H and O–H groups in total. The summed E-state index contributed by atoms with van der Waals surface area (Å²) in [5.74, 6) is -0.320. The second-order valence-electron chi connectivity index (χ2n) is 6.40. The van der Waals surface area contributed by atoms with Gasteiger partial charge in [0.25, 0.3) is 5.91 Å². The van der Waals surface area contributed by atoms with Gasteiger partial charge in [-0.05, 0) is 24.3 Å². The second-order valence-corrected chi connectivity index (χ2v) is 6.83. The first kappa shape index (κ1) is 17.5. The third-order valence-corrected chi connectivity index (χ3v) is 5.01. The molecule has 27 heavy (non-hydrogen) atoms. The highest BCUT2D eigenvalue weighted by Crippen LogP contribution is 2.25. The van der Waals surface area contributed by atoms with Crippen LogP contribution in [-0.4, -0.2) is 47.2 Å². The van der Waals surface area contributed by atoms with Gasteiger partial charge in [0, 0.05) is 36.8 Å². The predicted octanol–water partition coefficient (Wildman–Crippen LogP) is 3.83. The van der Waals surface area contributed by atoms with Crippen molar-refractivity contribution in [2.45, 2.75) is 0 Å². The van der Waals surface area contributed by atoms with Crippen LogP contribution in [0.15, 0.2) is 54.7 Å². The van der Waals surface area contributed by atoms with Gasteiger partial charge in [0.05, 0.1) is 23.1 Å². The number of hydrogen-bond acceptors (Lipinski definition) is 3. The molecule has 3 aromatic rings. The van der Waals surface area contributed by atoms with Gasteiger partial charge >= 0.3 is 0 Å². The maximum atomic E-state index is 14.0.